The first-order valence-corrected chi connectivity index (χ1v) is 8.31. The van der Waals surface area contributed by atoms with Crippen LogP contribution in [0, 0.1) is 0 Å². The summed E-state index contributed by atoms with van der Waals surface area (Å²) in [5, 5.41) is 13.7. The van der Waals surface area contributed by atoms with Crippen LogP contribution in [0.4, 0.5) is 0 Å². The van der Waals surface area contributed by atoms with E-state index in [2.05, 4.69) is 10.5 Å². The van der Waals surface area contributed by atoms with E-state index in [4.69, 9.17) is 4.74 Å². The maximum absolute atomic E-state index is 12.2. The molecular formula is C17H18N2O3S. The van der Waals surface area contributed by atoms with Gasteiger partial charge >= 0.3 is 0 Å². The number of benzene rings is 1. The third-order valence-corrected chi connectivity index (χ3v) is 5.06. The first kappa shape index (κ1) is 15.6. The molecule has 0 radical (unpaired) electrons. The van der Waals surface area contributed by atoms with Crippen molar-refractivity contribution in [3.63, 3.8) is 0 Å². The number of nitrogens with zero attached hydrogens (tertiary/aromatic N) is 1. The van der Waals surface area contributed by atoms with Gasteiger partial charge in [-0.15, -0.1) is 11.3 Å². The number of phenolic OH excluding ortho intramolecular Hbond substituents is 1. The molecule has 0 saturated heterocycles. The van der Waals surface area contributed by atoms with Crippen LogP contribution < -0.4 is 10.2 Å². The maximum Gasteiger partial charge on any atom is 0.281 e. The second-order valence-corrected chi connectivity index (χ2v) is 6.53. The number of hydrogen-bond acceptors (Lipinski definition) is 5. The molecule has 3 rings (SSSR count). The van der Waals surface area contributed by atoms with Crippen molar-refractivity contribution in [1.82, 2.24) is 5.43 Å². The third-order valence-electron chi connectivity index (χ3n) is 3.82. The Hall–Kier alpha value is -2.34. The van der Waals surface area contributed by atoms with Gasteiger partial charge in [0.05, 0.1) is 18.2 Å². The Morgan fingerprint density at radius 2 is 2.17 bits per heavy atom. The lowest BCUT2D eigenvalue weighted by Gasteiger charge is -2.08. The Morgan fingerprint density at radius 3 is 2.96 bits per heavy atom. The first-order chi connectivity index (χ1) is 11.2. The molecule has 1 aliphatic carbocycles. The van der Waals surface area contributed by atoms with Gasteiger partial charge < -0.3 is 9.84 Å². The maximum atomic E-state index is 12.2. The van der Waals surface area contributed by atoms with Gasteiger partial charge in [-0.2, -0.15) is 5.10 Å². The summed E-state index contributed by atoms with van der Waals surface area (Å²) in [6.07, 6.45) is 5.91. The number of aryl methyl sites for hydroxylation is 2. The molecule has 2 N–H and O–H groups in total. The zero-order valence-electron chi connectivity index (χ0n) is 12.8. The van der Waals surface area contributed by atoms with Crippen LogP contribution in [0.2, 0.25) is 0 Å². The van der Waals surface area contributed by atoms with Crippen molar-refractivity contribution in [3.05, 3.63) is 45.1 Å². The predicted molar refractivity (Wildman–Crippen MR) is 90.7 cm³/mol. The molecule has 120 valence electrons. The summed E-state index contributed by atoms with van der Waals surface area (Å²) in [5.41, 5.74) is 4.28. The van der Waals surface area contributed by atoms with Gasteiger partial charge in [0, 0.05) is 10.4 Å². The molecular weight excluding hydrogens is 312 g/mol. The van der Waals surface area contributed by atoms with Crippen molar-refractivity contribution in [2.24, 2.45) is 5.10 Å². The summed E-state index contributed by atoms with van der Waals surface area (Å²) in [4.78, 5) is 14.2. The monoisotopic (exact) mass is 330 g/mol. The molecule has 0 bridgehead atoms. The highest BCUT2D eigenvalue weighted by Crippen LogP contribution is 2.29. The fourth-order valence-electron chi connectivity index (χ4n) is 2.58. The van der Waals surface area contributed by atoms with Crippen molar-refractivity contribution in [2.75, 3.05) is 7.11 Å². The second kappa shape index (κ2) is 6.83. The first-order valence-electron chi connectivity index (χ1n) is 7.49. The lowest BCUT2D eigenvalue weighted by atomic mass is 9.99. The minimum absolute atomic E-state index is 0.0791. The molecule has 0 aliphatic heterocycles. The van der Waals surface area contributed by atoms with Gasteiger partial charge in [0.25, 0.3) is 5.91 Å². The highest BCUT2D eigenvalue weighted by Gasteiger charge is 2.16. The predicted octanol–water partition coefficient (Wildman–Crippen LogP) is 3.11. The van der Waals surface area contributed by atoms with Crippen LogP contribution in [-0.4, -0.2) is 24.3 Å². The molecule has 0 saturated carbocycles. The highest BCUT2D eigenvalue weighted by molar-refractivity contribution is 7.14. The van der Waals surface area contributed by atoms with Crippen LogP contribution in [0.1, 0.15) is 38.5 Å². The minimum Gasteiger partial charge on any atom is -0.507 e. The number of rotatable bonds is 4. The van der Waals surface area contributed by atoms with Gasteiger partial charge in [-0.25, -0.2) is 5.43 Å². The number of fused-ring (bicyclic) bond motifs is 1. The van der Waals surface area contributed by atoms with Crippen LogP contribution in [0.25, 0.3) is 0 Å². The summed E-state index contributed by atoms with van der Waals surface area (Å²) in [5.74, 6) is 0.472. The quantitative estimate of drug-likeness (QED) is 0.668. The van der Waals surface area contributed by atoms with Crippen LogP contribution in [0.5, 0.6) is 11.5 Å². The van der Waals surface area contributed by atoms with E-state index in [1.165, 1.54) is 35.6 Å². The van der Waals surface area contributed by atoms with E-state index in [0.717, 1.165) is 12.8 Å². The van der Waals surface area contributed by atoms with Crippen molar-refractivity contribution in [1.29, 1.82) is 0 Å². The van der Waals surface area contributed by atoms with E-state index in [-0.39, 0.29) is 11.7 Å². The SMILES string of the molecule is COc1ccc(O)c(/C=N/NC(=O)c2cc3c(s2)CCCC3)c1. The zero-order chi connectivity index (χ0) is 16.2. The molecule has 1 aromatic heterocycles. The topological polar surface area (TPSA) is 70.9 Å². The Bertz CT molecular complexity index is 729. The van der Waals surface area contributed by atoms with Gasteiger partial charge in [-0.1, -0.05) is 0 Å². The zero-order valence-corrected chi connectivity index (χ0v) is 13.7. The smallest absolute Gasteiger partial charge is 0.281 e. The number of amides is 1. The largest absolute Gasteiger partial charge is 0.507 e. The fraction of sp³-hybridized carbons (Fsp3) is 0.294. The van der Waals surface area contributed by atoms with Gasteiger partial charge in [0.1, 0.15) is 11.5 Å². The van der Waals surface area contributed by atoms with Crippen molar-refractivity contribution >= 4 is 23.5 Å². The summed E-state index contributed by atoms with van der Waals surface area (Å²) in [7, 11) is 1.55. The number of methoxy groups -OCH3 is 1. The van der Waals surface area contributed by atoms with Crippen molar-refractivity contribution in [3.8, 4) is 11.5 Å². The Morgan fingerprint density at radius 1 is 1.35 bits per heavy atom. The number of carbonyl (C=O) groups excluding carboxylic acids is 1. The van der Waals surface area contributed by atoms with E-state index < -0.39 is 0 Å². The van der Waals surface area contributed by atoms with Gasteiger partial charge in [0.2, 0.25) is 0 Å². The normalized spacial score (nSPS) is 13.8. The average Bonchev–Trinajstić information content (AvgIpc) is 3.00. The lowest BCUT2D eigenvalue weighted by molar-refractivity contribution is 0.0959. The molecule has 2 aromatic rings. The minimum atomic E-state index is -0.219. The summed E-state index contributed by atoms with van der Waals surface area (Å²) < 4.78 is 5.09. The van der Waals surface area contributed by atoms with Gasteiger partial charge in [-0.3, -0.25) is 4.79 Å². The third kappa shape index (κ3) is 3.53. The number of hydrogen-bond donors (Lipinski definition) is 2. The van der Waals surface area contributed by atoms with Crippen molar-refractivity contribution < 1.29 is 14.6 Å². The molecule has 0 unspecified atom stereocenters. The van der Waals surface area contributed by atoms with E-state index >= 15 is 0 Å². The molecule has 1 amide bonds. The Labute approximate surface area is 138 Å². The van der Waals surface area contributed by atoms with Crippen LogP contribution in [0.3, 0.4) is 0 Å². The number of ether oxygens (including phenoxy) is 1. The fourth-order valence-corrected chi connectivity index (χ4v) is 3.72. The molecule has 1 aromatic carbocycles. The number of nitrogens with one attached hydrogen (secondary N) is 1. The molecule has 0 fully saturated rings. The number of aromatic hydroxyl groups is 1. The summed E-state index contributed by atoms with van der Waals surface area (Å²) in [6.45, 7) is 0. The Balaban J connectivity index is 1.68. The highest BCUT2D eigenvalue weighted by atomic mass is 32.1. The average molecular weight is 330 g/mol. The number of carbonyl (C=O) groups is 1. The van der Waals surface area contributed by atoms with Gasteiger partial charge in [0.15, 0.2) is 0 Å². The van der Waals surface area contributed by atoms with E-state index in [1.54, 1.807) is 30.6 Å². The molecule has 1 heterocycles. The standard InChI is InChI=1S/C17H18N2O3S/c1-22-13-6-7-14(20)12(8-13)10-18-19-17(21)16-9-11-4-2-3-5-15(11)23-16/h6-10,20H,2-5H2,1H3,(H,19,21)/b18-10+. The summed E-state index contributed by atoms with van der Waals surface area (Å²) in [6, 6.07) is 6.79. The molecule has 6 heteroatoms. The van der Waals surface area contributed by atoms with Gasteiger partial charge in [-0.05, 0) is 55.5 Å². The van der Waals surface area contributed by atoms with E-state index in [1.807, 2.05) is 6.07 Å². The van der Waals surface area contributed by atoms with Crippen LogP contribution in [-0.2, 0) is 12.8 Å². The molecule has 0 spiro atoms. The van der Waals surface area contributed by atoms with E-state index in [9.17, 15) is 9.90 Å². The number of thiophene rings is 1. The number of hydrazone groups is 1. The summed E-state index contributed by atoms with van der Waals surface area (Å²) >= 11 is 1.54. The van der Waals surface area contributed by atoms with Crippen LogP contribution in [0.15, 0.2) is 29.4 Å². The number of phenols is 1. The van der Waals surface area contributed by atoms with Crippen molar-refractivity contribution in [2.45, 2.75) is 25.7 Å². The molecule has 5 nitrogen and oxygen atoms in total. The molecule has 0 atom stereocenters. The Kier molecular flexibility index (Phi) is 4.62. The van der Waals surface area contributed by atoms with Crippen LogP contribution >= 0.6 is 11.3 Å². The van der Waals surface area contributed by atoms with E-state index in [0.29, 0.717) is 16.2 Å². The lowest BCUT2D eigenvalue weighted by Crippen LogP contribution is -2.16. The second-order valence-electron chi connectivity index (χ2n) is 5.39. The molecule has 23 heavy (non-hydrogen) atoms. The molecule has 1 aliphatic rings.